The normalized spacial score (nSPS) is 12.8. The molecule has 0 aliphatic heterocycles. The van der Waals surface area contributed by atoms with Gasteiger partial charge in [0.1, 0.15) is 5.15 Å². The van der Waals surface area contributed by atoms with Crippen LogP contribution in [-0.4, -0.2) is 23.8 Å². The molecule has 3 nitrogen and oxygen atoms in total. The summed E-state index contributed by atoms with van der Waals surface area (Å²) in [5.41, 5.74) is 0.797. The minimum absolute atomic E-state index is 0.442. The van der Waals surface area contributed by atoms with Gasteiger partial charge in [0.05, 0.1) is 6.10 Å². The molecule has 1 rings (SSSR count). The zero-order valence-corrected chi connectivity index (χ0v) is 8.87. The van der Waals surface area contributed by atoms with E-state index < -0.39 is 6.10 Å². The molecule has 0 aromatic carbocycles. The molecule has 0 saturated heterocycles. The Labute approximate surface area is 88.7 Å². The zero-order chi connectivity index (χ0) is 10.4. The first-order chi connectivity index (χ1) is 6.74. The number of halogens is 1. The van der Waals surface area contributed by atoms with Crippen LogP contribution in [-0.2, 0) is 4.74 Å². The number of aromatic nitrogens is 1. The van der Waals surface area contributed by atoms with Gasteiger partial charge in [-0.2, -0.15) is 0 Å². The first-order valence-electron chi connectivity index (χ1n) is 4.52. The Morgan fingerprint density at radius 2 is 2.36 bits per heavy atom. The molecule has 4 heteroatoms. The van der Waals surface area contributed by atoms with Crippen LogP contribution in [0.4, 0.5) is 0 Å². The van der Waals surface area contributed by atoms with Crippen molar-refractivity contribution < 1.29 is 9.84 Å². The van der Waals surface area contributed by atoms with Crippen molar-refractivity contribution in [1.82, 2.24) is 4.98 Å². The van der Waals surface area contributed by atoms with Crippen LogP contribution in [0, 0.1) is 0 Å². The number of ether oxygens (including phenoxy) is 1. The van der Waals surface area contributed by atoms with Crippen LogP contribution in [0.15, 0.2) is 18.3 Å². The Morgan fingerprint density at radius 1 is 1.57 bits per heavy atom. The highest BCUT2D eigenvalue weighted by Crippen LogP contribution is 2.18. The van der Waals surface area contributed by atoms with Crippen LogP contribution in [0.5, 0.6) is 0 Å². The molecule has 1 unspecified atom stereocenters. The van der Waals surface area contributed by atoms with Gasteiger partial charge in [0.15, 0.2) is 0 Å². The fourth-order valence-corrected chi connectivity index (χ4v) is 1.28. The molecule has 14 heavy (non-hydrogen) atoms. The van der Waals surface area contributed by atoms with Crippen LogP contribution in [0.1, 0.15) is 24.5 Å². The van der Waals surface area contributed by atoms with Gasteiger partial charge in [0.25, 0.3) is 0 Å². The Balaban J connectivity index is 2.43. The summed E-state index contributed by atoms with van der Waals surface area (Å²) >= 11 is 5.63. The summed E-state index contributed by atoms with van der Waals surface area (Å²) in [6, 6.07) is 3.46. The predicted molar refractivity (Wildman–Crippen MR) is 55.3 cm³/mol. The highest BCUT2D eigenvalue weighted by Gasteiger charge is 2.06. The van der Waals surface area contributed by atoms with Crippen molar-refractivity contribution in [2.24, 2.45) is 0 Å². The lowest BCUT2D eigenvalue weighted by atomic mass is 10.1. The maximum absolute atomic E-state index is 9.70. The van der Waals surface area contributed by atoms with E-state index in [4.69, 9.17) is 16.3 Å². The van der Waals surface area contributed by atoms with Gasteiger partial charge in [-0.05, 0) is 24.5 Å². The lowest BCUT2D eigenvalue weighted by Crippen LogP contribution is -2.00. The molecule has 1 aromatic rings. The molecule has 78 valence electrons. The molecule has 0 aliphatic rings. The Morgan fingerprint density at radius 3 is 2.93 bits per heavy atom. The molecule has 0 bridgehead atoms. The Bertz CT molecular complexity index is 263. The van der Waals surface area contributed by atoms with E-state index in [0.717, 1.165) is 12.0 Å². The van der Waals surface area contributed by atoms with Crippen LogP contribution in [0.3, 0.4) is 0 Å². The van der Waals surface area contributed by atoms with Crippen LogP contribution in [0.25, 0.3) is 0 Å². The molecule has 0 spiro atoms. The number of pyridine rings is 1. The topological polar surface area (TPSA) is 42.4 Å². The lowest BCUT2D eigenvalue weighted by molar-refractivity contribution is 0.136. The Hall–Kier alpha value is -0.640. The smallest absolute Gasteiger partial charge is 0.129 e. The molecule has 1 aromatic heterocycles. The number of nitrogens with zero attached hydrogens (tertiary/aromatic N) is 1. The molecule has 1 heterocycles. The highest BCUT2D eigenvalue weighted by molar-refractivity contribution is 6.29. The van der Waals surface area contributed by atoms with Gasteiger partial charge in [-0.25, -0.2) is 4.98 Å². The molecule has 0 fully saturated rings. The van der Waals surface area contributed by atoms with Crippen LogP contribution >= 0.6 is 11.6 Å². The van der Waals surface area contributed by atoms with Gasteiger partial charge >= 0.3 is 0 Å². The van der Waals surface area contributed by atoms with Crippen molar-refractivity contribution in [3.63, 3.8) is 0 Å². The number of hydrogen-bond donors (Lipinski definition) is 1. The monoisotopic (exact) mass is 215 g/mol. The average Bonchev–Trinajstić information content (AvgIpc) is 2.19. The lowest BCUT2D eigenvalue weighted by Gasteiger charge is -2.09. The number of hydrogen-bond acceptors (Lipinski definition) is 3. The number of aliphatic hydroxyl groups excluding tert-OH is 1. The third kappa shape index (κ3) is 3.62. The van der Waals surface area contributed by atoms with Crippen molar-refractivity contribution in [2.45, 2.75) is 18.9 Å². The molecule has 0 amide bonds. The maximum Gasteiger partial charge on any atom is 0.129 e. The standard InChI is InChI=1S/C10H14ClNO2/c1-14-6-2-3-9(13)8-4-5-10(11)12-7-8/h4-5,7,9,13H,2-3,6H2,1H3. The van der Waals surface area contributed by atoms with Gasteiger partial charge in [0.2, 0.25) is 0 Å². The third-order valence-electron chi connectivity index (χ3n) is 1.96. The van der Waals surface area contributed by atoms with E-state index in [2.05, 4.69) is 4.98 Å². The summed E-state index contributed by atoms with van der Waals surface area (Å²) in [5, 5.41) is 10.1. The van der Waals surface area contributed by atoms with Crippen LogP contribution < -0.4 is 0 Å². The van der Waals surface area contributed by atoms with E-state index in [9.17, 15) is 5.11 Å². The molecule has 1 atom stereocenters. The van der Waals surface area contributed by atoms with Crippen molar-refractivity contribution in [3.05, 3.63) is 29.0 Å². The summed E-state index contributed by atoms with van der Waals surface area (Å²) in [6.45, 7) is 0.665. The van der Waals surface area contributed by atoms with E-state index in [-0.39, 0.29) is 0 Å². The van der Waals surface area contributed by atoms with Crippen molar-refractivity contribution in [3.8, 4) is 0 Å². The van der Waals surface area contributed by atoms with Crippen molar-refractivity contribution >= 4 is 11.6 Å². The summed E-state index contributed by atoms with van der Waals surface area (Å²) in [6.07, 6.45) is 2.63. The Kier molecular flexibility index (Phi) is 4.87. The second kappa shape index (κ2) is 5.96. The minimum atomic E-state index is -0.477. The van der Waals surface area contributed by atoms with Gasteiger partial charge < -0.3 is 9.84 Å². The maximum atomic E-state index is 9.70. The fourth-order valence-electron chi connectivity index (χ4n) is 1.17. The average molecular weight is 216 g/mol. The summed E-state index contributed by atoms with van der Waals surface area (Å²) in [5.74, 6) is 0. The SMILES string of the molecule is COCCCC(O)c1ccc(Cl)nc1. The quantitative estimate of drug-likeness (QED) is 0.605. The first-order valence-corrected chi connectivity index (χ1v) is 4.90. The zero-order valence-electron chi connectivity index (χ0n) is 8.11. The largest absolute Gasteiger partial charge is 0.388 e. The molecular formula is C10H14ClNO2. The van der Waals surface area contributed by atoms with E-state index in [1.807, 2.05) is 0 Å². The highest BCUT2D eigenvalue weighted by atomic mass is 35.5. The molecule has 0 aliphatic carbocycles. The van der Waals surface area contributed by atoms with Crippen LogP contribution in [0.2, 0.25) is 5.15 Å². The number of aliphatic hydroxyl groups is 1. The van der Waals surface area contributed by atoms with Gasteiger partial charge in [-0.3, -0.25) is 0 Å². The van der Waals surface area contributed by atoms with Crippen molar-refractivity contribution in [1.29, 1.82) is 0 Å². The van der Waals surface area contributed by atoms with Gasteiger partial charge in [-0.1, -0.05) is 17.7 Å². The van der Waals surface area contributed by atoms with Gasteiger partial charge in [-0.15, -0.1) is 0 Å². The molecule has 0 radical (unpaired) electrons. The second-order valence-corrected chi connectivity index (χ2v) is 3.45. The van der Waals surface area contributed by atoms with E-state index in [1.54, 1.807) is 25.4 Å². The summed E-state index contributed by atoms with van der Waals surface area (Å²) in [7, 11) is 1.65. The summed E-state index contributed by atoms with van der Waals surface area (Å²) < 4.78 is 4.90. The number of methoxy groups -OCH3 is 1. The van der Waals surface area contributed by atoms with Crippen molar-refractivity contribution in [2.75, 3.05) is 13.7 Å². The summed E-state index contributed by atoms with van der Waals surface area (Å²) in [4.78, 5) is 3.90. The predicted octanol–water partition coefficient (Wildman–Crippen LogP) is 2.20. The molecule has 0 saturated carbocycles. The second-order valence-electron chi connectivity index (χ2n) is 3.07. The molecular weight excluding hydrogens is 202 g/mol. The fraction of sp³-hybridized carbons (Fsp3) is 0.500. The van der Waals surface area contributed by atoms with E-state index in [1.165, 1.54) is 0 Å². The van der Waals surface area contributed by atoms with Gasteiger partial charge in [0, 0.05) is 19.9 Å². The minimum Gasteiger partial charge on any atom is -0.388 e. The number of rotatable bonds is 5. The third-order valence-corrected chi connectivity index (χ3v) is 2.18. The van der Waals surface area contributed by atoms with E-state index >= 15 is 0 Å². The van der Waals surface area contributed by atoms with E-state index in [0.29, 0.717) is 18.2 Å². The molecule has 1 N–H and O–H groups in total. The first kappa shape index (κ1) is 11.4.